The molecule has 2 heterocycles. The molecular formula is C9H10N2OS2. The van der Waals surface area contributed by atoms with Gasteiger partial charge in [0.05, 0.1) is 11.5 Å². The van der Waals surface area contributed by atoms with Crippen molar-refractivity contribution in [1.29, 1.82) is 0 Å². The number of rotatable bonds is 3. The largest absolute Gasteiger partial charge is 0.474 e. The molecule has 0 radical (unpaired) electrons. The Kier molecular flexibility index (Phi) is 2.79. The van der Waals surface area contributed by atoms with Gasteiger partial charge in [-0.05, 0) is 13.8 Å². The molecule has 14 heavy (non-hydrogen) atoms. The summed E-state index contributed by atoms with van der Waals surface area (Å²) in [7, 11) is 0. The Bertz CT molecular complexity index is 395. The first-order valence-electron chi connectivity index (χ1n) is 4.28. The lowest BCUT2D eigenvalue weighted by atomic mass is 10.5. The zero-order chi connectivity index (χ0) is 9.97. The molecule has 2 aromatic rings. The fourth-order valence-corrected chi connectivity index (χ4v) is 2.41. The molecule has 0 aliphatic heterocycles. The maximum atomic E-state index is 5.47. The Labute approximate surface area is 90.4 Å². The van der Waals surface area contributed by atoms with Crippen molar-refractivity contribution in [2.75, 3.05) is 0 Å². The van der Waals surface area contributed by atoms with E-state index in [9.17, 15) is 0 Å². The minimum atomic E-state index is 0.168. The van der Waals surface area contributed by atoms with E-state index in [1.807, 2.05) is 24.6 Å². The summed E-state index contributed by atoms with van der Waals surface area (Å²) in [6, 6.07) is 0. The lowest BCUT2D eigenvalue weighted by molar-refractivity contribution is 0.234. The third kappa shape index (κ3) is 2.10. The average molecular weight is 226 g/mol. The Morgan fingerprint density at radius 3 is 2.79 bits per heavy atom. The van der Waals surface area contributed by atoms with Gasteiger partial charge in [0.2, 0.25) is 5.88 Å². The molecule has 0 aliphatic rings. The number of thiazole rings is 2. The highest BCUT2D eigenvalue weighted by Gasteiger charge is 2.08. The van der Waals surface area contributed by atoms with Crippen molar-refractivity contribution < 1.29 is 4.74 Å². The van der Waals surface area contributed by atoms with Crippen molar-refractivity contribution >= 4 is 22.7 Å². The molecule has 0 N–H and O–H groups in total. The highest BCUT2D eigenvalue weighted by Crippen LogP contribution is 2.28. The molecule has 0 aliphatic carbocycles. The van der Waals surface area contributed by atoms with Crippen LogP contribution >= 0.6 is 22.7 Å². The zero-order valence-electron chi connectivity index (χ0n) is 7.93. The van der Waals surface area contributed by atoms with E-state index in [0.29, 0.717) is 5.88 Å². The molecular weight excluding hydrogens is 216 g/mol. The fraction of sp³-hybridized carbons (Fsp3) is 0.333. The Morgan fingerprint density at radius 2 is 2.14 bits per heavy atom. The van der Waals surface area contributed by atoms with Gasteiger partial charge in [0.15, 0.2) is 10.0 Å². The first kappa shape index (κ1) is 9.61. The van der Waals surface area contributed by atoms with Crippen molar-refractivity contribution in [2.24, 2.45) is 0 Å². The van der Waals surface area contributed by atoms with E-state index in [4.69, 9.17) is 4.74 Å². The summed E-state index contributed by atoms with van der Waals surface area (Å²) in [5.41, 5.74) is 0. The monoisotopic (exact) mass is 226 g/mol. The first-order chi connectivity index (χ1) is 6.75. The predicted molar refractivity (Wildman–Crippen MR) is 59.0 cm³/mol. The van der Waals surface area contributed by atoms with Crippen LogP contribution in [-0.2, 0) is 0 Å². The van der Waals surface area contributed by atoms with Gasteiger partial charge in [0, 0.05) is 11.6 Å². The molecule has 0 unspecified atom stereocenters. The van der Waals surface area contributed by atoms with E-state index in [1.165, 1.54) is 0 Å². The predicted octanol–water partition coefficient (Wildman–Crippen LogP) is 3.05. The highest BCUT2D eigenvalue weighted by molar-refractivity contribution is 7.19. The lowest BCUT2D eigenvalue weighted by Gasteiger charge is -2.04. The van der Waals surface area contributed by atoms with Gasteiger partial charge < -0.3 is 4.74 Å². The molecule has 0 bridgehead atoms. The molecule has 0 atom stereocenters. The molecule has 2 rings (SSSR count). The van der Waals surface area contributed by atoms with Gasteiger partial charge in [0.25, 0.3) is 0 Å². The second-order valence-electron chi connectivity index (χ2n) is 2.99. The van der Waals surface area contributed by atoms with Crippen LogP contribution in [0.3, 0.4) is 0 Å². The van der Waals surface area contributed by atoms with Crippen LogP contribution in [0.5, 0.6) is 5.88 Å². The van der Waals surface area contributed by atoms with E-state index >= 15 is 0 Å². The molecule has 3 nitrogen and oxygen atoms in total. The number of aromatic nitrogens is 2. The van der Waals surface area contributed by atoms with E-state index < -0.39 is 0 Å². The second-order valence-corrected chi connectivity index (χ2v) is 4.75. The quantitative estimate of drug-likeness (QED) is 0.806. The van der Waals surface area contributed by atoms with Gasteiger partial charge >= 0.3 is 0 Å². The van der Waals surface area contributed by atoms with Crippen molar-refractivity contribution in [3.8, 4) is 15.9 Å². The van der Waals surface area contributed by atoms with Crippen molar-refractivity contribution in [3.63, 3.8) is 0 Å². The van der Waals surface area contributed by atoms with Crippen LogP contribution in [0.15, 0.2) is 17.0 Å². The normalized spacial score (nSPS) is 10.8. The smallest absolute Gasteiger partial charge is 0.225 e. The first-order valence-corrected chi connectivity index (χ1v) is 6.03. The summed E-state index contributed by atoms with van der Waals surface area (Å²) in [6.45, 7) is 3.98. The number of hydrogen-bond donors (Lipinski definition) is 0. The summed E-state index contributed by atoms with van der Waals surface area (Å²) in [5, 5.41) is 5.74. The lowest BCUT2D eigenvalue weighted by Crippen LogP contribution is -2.05. The second kappa shape index (κ2) is 4.06. The van der Waals surface area contributed by atoms with Crippen LogP contribution in [0.2, 0.25) is 0 Å². The SMILES string of the molecule is CC(C)Oc1csc(-c2nccs2)n1. The van der Waals surface area contributed by atoms with Gasteiger partial charge in [-0.15, -0.1) is 22.7 Å². The molecule has 0 saturated carbocycles. The summed E-state index contributed by atoms with van der Waals surface area (Å²) in [6.07, 6.45) is 1.95. The van der Waals surface area contributed by atoms with Gasteiger partial charge in [-0.3, -0.25) is 0 Å². The van der Waals surface area contributed by atoms with E-state index in [2.05, 4.69) is 9.97 Å². The fourth-order valence-electron chi connectivity index (χ4n) is 0.982. The molecule has 0 amide bonds. The van der Waals surface area contributed by atoms with Gasteiger partial charge in [0.1, 0.15) is 0 Å². The zero-order valence-corrected chi connectivity index (χ0v) is 9.56. The van der Waals surface area contributed by atoms with Crippen molar-refractivity contribution in [2.45, 2.75) is 20.0 Å². The number of hydrogen-bond acceptors (Lipinski definition) is 5. The molecule has 0 fully saturated rings. The minimum absolute atomic E-state index is 0.168. The Morgan fingerprint density at radius 1 is 1.29 bits per heavy atom. The summed E-state index contributed by atoms with van der Waals surface area (Å²) in [5.74, 6) is 0.690. The van der Waals surface area contributed by atoms with Crippen LogP contribution in [-0.4, -0.2) is 16.1 Å². The van der Waals surface area contributed by atoms with Gasteiger partial charge in [-0.1, -0.05) is 0 Å². The molecule has 74 valence electrons. The van der Waals surface area contributed by atoms with Crippen molar-refractivity contribution in [1.82, 2.24) is 9.97 Å². The average Bonchev–Trinajstić information content (AvgIpc) is 2.69. The summed E-state index contributed by atoms with van der Waals surface area (Å²) < 4.78 is 5.47. The third-order valence-corrected chi connectivity index (χ3v) is 3.19. The highest BCUT2D eigenvalue weighted by atomic mass is 32.1. The van der Waals surface area contributed by atoms with Crippen LogP contribution in [0.1, 0.15) is 13.8 Å². The van der Waals surface area contributed by atoms with Crippen LogP contribution < -0.4 is 4.74 Å². The molecule has 2 aromatic heterocycles. The topological polar surface area (TPSA) is 35.0 Å². The molecule has 0 aromatic carbocycles. The van der Waals surface area contributed by atoms with Gasteiger partial charge in [-0.25, -0.2) is 4.98 Å². The Hall–Kier alpha value is -0.940. The van der Waals surface area contributed by atoms with Crippen LogP contribution in [0, 0.1) is 0 Å². The van der Waals surface area contributed by atoms with E-state index in [1.54, 1.807) is 28.9 Å². The third-order valence-electron chi connectivity index (χ3n) is 1.45. The standard InChI is InChI=1S/C9H10N2OS2/c1-6(2)12-7-5-14-9(11-7)8-10-3-4-13-8/h3-6H,1-2H3. The van der Waals surface area contributed by atoms with Crippen LogP contribution in [0.25, 0.3) is 10.0 Å². The molecule has 5 heteroatoms. The number of ether oxygens (including phenoxy) is 1. The summed E-state index contributed by atoms with van der Waals surface area (Å²) in [4.78, 5) is 8.53. The molecule has 0 spiro atoms. The van der Waals surface area contributed by atoms with E-state index in [-0.39, 0.29) is 6.10 Å². The van der Waals surface area contributed by atoms with Crippen LogP contribution in [0.4, 0.5) is 0 Å². The van der Waals surface area contributed by atoms with Crippen molar-refractivity contribution in [3.05, 3.63) is 17.0 Å². The maximum absolute atomic E-state index is 5.47. The minimum Gasteiger partial charge on any atom is -0.474 e. The van der Waals surface area contributed by atoms with Gasteiger partial charge in [-0.2, -0.15) is 4.98 Å². The molecule has 0 saturated heterocycles. The maximum Gasteiger partial charge on any atom is 0.225 e. The van der Waals surface area contributed by atoms with E-state index in [0.717, 1.165) is 10.0 Å². The number of nitrogens with zero attached hydrogens (tertiary/aromatic N) is 2. The summed E-state index contributed by atoms with van der Waals surface area (Å²) >= 11 is 3.15. The Balaban J connectivity index is 2.18.